The van der Waals surface area contributed by atoms with Crippen LogP contribution in [0.2, 0.25) is 0 Å². The summed E-state index contributed by atoms with van der Waals surface area (Å²) in [6.07, 6.45) is -1.50. The lowest BCUT2D eigenvalue weighted by Crippen LogP contribution is -2.16. The van der Waals surface area contributed by atoms with E-state index in [4.69, 9.17) is 4.52 Å². The van der Waals surface area contributed by atoms with Crippen LogP contribution in [0.4, 0.5) is 18.9 Å². The molecule has 6 nitrogen and oxygen atoms in total. The van der Waals surface area contributed by atoms with Crippen molar-refractivity contribution in [2.24, 2.45) is 0 Å². The van der Waals surface area contributed by atoms with E-state index in [0.717, 1.165) is 12.1 Å². The second-order valence-electron chi connectivity index (χ2n) is 4.96. The topological polar surface area (TPSA) is 73.0 Å². The number of alkyl halides is 3. The first-order valence-corrected chi connectivity index (χ1v) is 6.80. The number of carbonyl (C=O) groups is 1. The van der Waals surface area contributed by atoms with Gasteiger partial charge in [-0.1, -0.05) is 5.16 Å². The molecule has 1 amide bonds. The van der Waals surface area contributed by atoms with Gasteiger partial charge in [0.25, 0.3) is 5.91 Å². The normalized spacial score (nSPS) is 11.5. The molecule has 0 aliphatic carbocycles. The zero-order chi connectivity index (χ0) is 17.3. The van der Waals surface area contributed by atoms with Crippen LogP contribution >= 0.6 is 0 Å². The third-order valence-electron chi connectivity index (χ3n) is 3.18. The first kappa shape index (κ1) is 15.8. The number of carbonyl (C=O) groups excluding carboxylic acids is 1. The summed E-state index contributed by atoms with van der Waals surface area (Å²) < 4.78 is 45.0. The van der Waals surface area contributed by atoms with Gasteiger partial charge in [0.05, 0.1) is 16.9 Å². The number of halogens is 3. The Labute approximate surface area is 133 Å². The van der Waals surface area contributed by atoms with Crippen LogP contribution in [0.1, 0.15) is 21.8 Å². The Morgan fingerprint density at radius 2 is 2.08 bits per heavy atom. The van der Waals surface area contributed by atoms with Gasteiger partial charge in [0.2, 0.25) is 0 Å². The molecule has 24 heavy (non-hydrogen) atoms. The number of aryl methyl sites for hydroxylation is 1. The second-order valence-corrected chi connectivity index (χ2v) is 4.96. The molecule has 0 bridgehead atoms. The summed E-state index contributed by atoms with van der Waals surface area (Å²) in [5.41, 5.74) is -0.665. The summed E-state index contributed by atoms with van der Waals surface area (Å²) in [5.74, 6) is -0.268. The Bertz CT molecular complexity index is 869. The summed E-state index contributed by atoms with van der Waals surface area (Å²) >= 11 is 0. The van der Waals surface area contributed by atoms with Gasteiger partial charge < -0.3 is 9.84 Å². The van der Waals surface area contributed by atoms with Gasteiger partial charge in [-0.05, 0) is 31.2 Å². The van der Waals surface area contributed by atoms with Gasteiger partial charge in [0.15, 0.2) is 5.69 Å². The molecule has 2 aromatic heterocycles. The Kier molecular flexibility index (Phi) is 3.84. The predicted molar refractivity (Wildman–Crippen MR) is 77.8 cm³/mol. The summed E-state index contributed by atoms with van der Waals surface area (Å²) in [4.78, 5) is 12.2. The maximum absolute atomic E-state index is 12.9. The van der Waals surface area contributed by atoms with Crippen LogP contribution in [0.3, 0.4) is 0 Å². The van der Waals surface area contributed by atoms with Crippen molar-refractivity contribution in [2.75, 3.05) is 5.32 Å². The molecule has 0 radical (unpaired) electrons. The number of nitrogens with one attached hydrogen (secondary N) is 1. The predicted octanol–water partition coefficient (Wildman–Crippen LogP) is 3.44. The quantitative estimate of drug-likeness (QED) is 0.795. The second kappa shape index (κ2) is 5.84. The summed E-state index contributed by atoms with van der Waals surface area (Å²) in [6.45, 7) is 1.60. The molecular weight excluding hydrogens is 325 g/mol. The minimum atomic E-state index is -4.54. The third-order valence-corrected chi connectivity index (χ3v) is 3.18. The Morgan fingerprint density at radius 1 is 1.29 bits per heavy atom. The minimum Gasteiger partial charge on any atom is -0.361 e. The van der Waals surface area contributed by atoms with Crippen LogP contribution in [0.15, 0.2) is 47.2 Å². The number of rotatable bonds is 3. The van der Waals surface area contributed by atoms with Crippen molar-refractivity contribution in [1.82, 2.24) is 14.9 Å². The molecule has 0 aliphatic rings. The van der Waals surface area contributed by atoms with Gasteiger partial charge in [-0.15, -0.1) is 0 Å². The first-order chi connectivity index (χ1) is 11.3. The van der Waals surface area contributed by atoms with Gasteiger partial charge in [-0.25, -0.2) is 4.68 Å². The van der Waals surface area contributed by atoms with Crippen LogP contribution in [-0.4, -0.2) is 20.8 Å². The van der Waals surface area contributed by atoms with Crippen molar-refractivity contribution >= 4 is 11.6 Å². The summed E-state index contributed by atoms with van der Waals surface area (Å²) in [5, 5.41) is 9.94. The van der Waals surface area contributed by atoms with Crippen LogP contribution in [-0.2, 0) is 6.18 Å². The number of aromatic nitrogens is 3. The van der Waals surface area contributed by atoms with E-state index in [1.54, 1.807) is 19.2 Å². The average Bonchev–Trinajstić information content (AvgIpc) is 3.17. The van der Waals surface area contributed by atoms with Crippen molar-refractivity contribution in [2.45, 2.75) is 13.1 Å². The molecule has 0 fully saturated rings. The number of amides is 1. The standard InChI is InChI=1S/C15H11F3N4O2/c1-9-7-12(21-24-9)14(23)20-11-8-10(15(16,17)18)3-4-13(11)22-6-2-5-19-22/h2-8H,1H3,(H,20,23). The van der Waals surface area contributed by atoms with E-state index < -0.39 is 17.6 Å². The first-order valence-electron chi connectivity index (χ1n) is 6.80. The van der Waals surface area contributed by atoms with Gasteiger partial charge in [-0.3, -0.25) is 4.79 Å². The number of nitrogens with zero attached hydrogens (tertiary/aromatic N) is 3. The van der Waals surface area contributed by atoms with Crippen LogP contribution in [0.25, 0.3) is 5.69 Å². The lowest BCUT2D eigenvalue weighted by Gasteiger charge is -2.14. The molecule has 9 heteroatoms. The zero-order valence-electron chi connectivity index (χ0n) is 12.3. The molecule has 1 N–H and O–H groups in total. The van der Waals surface area contributed by atoms with Gasteiger partial charge >= 0.3 is 6.18 Å². The van der Waals surface area contributed by atoms with Gasteiger partial charge in [0.1, 0.15) is 5.76 Å². The molecule has 3 aromatic rings. The smallest absolute Gasteiger partial charge is 0.361 e. The van der Waals surface area contributed by atoms with E-state index in [0.29, 0.717) is 11.4 Å². The highest BCUT2D eigenvalue weighted by Gasteiger charge is 2.31. The fourth-order valence-electron chi connectivity index (χ4n) is 2.08. The molecule has 1 aromatic carbocycles. The fraction of sp³-hybridized carbons (Fsp3) is 0.133. The monoisotopic (exact) mass is 336 g/mol. The molecule has 3 rings (SSSR count). The molecule has 0 saturated carbocycles. The highest BCUT2D eigenvalue weighted by molar-refractivity contribution is 6.04. The molecule has 0 atom stereocenters. The third kappa shape index (κ3) is 3.14. The van der Waals surface area contributed by atoms with Crippen molar-refractivity contribution < 1.29 is 22.5 Å². The Balaban J connectivity index is 2.01. The molecule has 124 valence electrons. The Morgan fingerprint density at radius 3 is 2.67 bits per heavy atom. The molecule has 0 spiro atoms. The largest absolute Gasteiger partial charge is 0.416 e. The van der Waals surface area contributed by atoms with E-state index in [-0.39, 0.29) is 11.4 Å². The molecular formula is C15H11F3N4O2. The molecule has 0 unspecified atom stereocenters. The van der Waals surface area contributed by atoms with Crippen molar-refractivity contribution in [1.29, 1.82) is 0 Å². The number of hydrogen-bond donors (Lipinski definition) is 1. The lowest BCUT2D eigenvalue weighted by molar-refractivity contribution is -0.137. The van der Waals surface area contributed by atoms with Crippen LogP contribution in [0, 0.1) is 6.92 Å². The highest BCUT2D eigenvalue weighted by atomic mass is 19.4. The molecule has 0 aliphatic heterocycles. The van der Waals surface area contributed by atoms with Crippen molar-refractivity contribution in [3.05, 3.63) is 59.7 Å². The van der Waals surface area contributed by atoms with E-state index in [9.17, 15) is 18.0 Å². The highest BCUT2D eigenvalue weighted by Crippen LogP contribution is 2.33. The lowest BCUT2D eigenvalue weighted by atomic mass is 10.1. The van der Waals surface area contributed by atoms with Crippen molar-refractivity contribution in [3.63, 3.8) is 0 Å². The van der Waals surface area contributed by atoms with E-state index in [1.165, 1.54) is 23.0 Å². The number of benzene rings is 1. The van der Waals surface area contributed by atoms with Gasteiger partial charge in [-0.2, -0.15) is 18.3 Å². The maximum Gasteiger partial charge on any atom is 0.416 e. The van der Waals surface area contributed by atoms with Gasteiger partial charge in [0, 0.05) is 18.5 Å². The minimum absolute atomic E-state index is 0.0312. The Hall–Kier alpha value is -3.10. The molecule has 2 heterocycles. The van der Waals surface area contributed by atoms with E-state index in [1.807, 2.05) is 0 Å². The van der Waals surface area contributed by atoms with Crippen molar-refractivity contribution in [3.8, 4) is 5.69 Å². The SMILES string of the molecule is Cc1cc(C(=O)Nc2cc(C(F)(F)F)ccc2-n2cccn2)no1. The summed E-state index contributed by atoms with van der Waals surface area (Å²) in [7, 11) is 0. The van der Waals surface area contributed by atoms with E-state index in [2.05, 4.69) is 15.6 Å². The zero-order valence-corrected chi connectivity index (χ0v) is 12.3. The number of hydrogen-bond acceptors (Lipinski definition) is 4. The fourth-order valence-corrected chi connectivity index (χ4v) is 2.08. The maximum atomic E-state index is 12.9. The number of anilines is 1. The average molecular weight is 336 g/mol. The van der Waals surface area contributed by atoms with Crippen LogP contribution < -0.4 is 5.32 Å². The molecule has 0 saturated heterocycles. The summed E-state index contributed by atoms with van der Waals surface area (Å²) in [6, 6.07) is 6.01. The van der Waals surface area contributed by atoms with Crippen LogP contribution in [0.5, 0.6) is 0 Å². The van der Waals surface area contributed by atoms with E-state index >= 15 is 0 Å².